The second kappa shape index (κ2) is 7.00. The number of methoxy groups -OCH3 is 1. The van der Waals surface area contributed by atoms with E-state index >= 15 is 0 Å². The third-order valence-corrected chi connectivity index (χ3v) is 4.55. The van der Waals surface area contributed by atoms with E-state index in [9.17, 15) is 9.59 Å². The zero-order chi connectivity index (χ0) is 16.2. The standard InChI is InChI=1S/C17H22N2O4/c1-22-15-5-3-2-4-14(15)17(21)18-8-6-13(7-9-18)19-10-11-23-12-16(19)20/h2-5,13H,6-12H2,1H3. The Labute approximate surface area is 136 Å². The Morgan fingerprint density at radius 2 is 1.96 bits per heavy atom. The molecule has 1 aromatic rings. The minimum absolute atomic E-state index is 0.00537. The molecule has 124 valence electrons. The highest BCUT2D eigenvalue weighted by molar-refractivity contribution is 5.97. The van der Waals surface area contributed by atoms with Gasteiger partial charge in [-0.3, -0.25) is 9.59 Å². The molecule has 0 saturated carbocycles. The Morgan fingerprint density at radius 1 is 1.22 bits per heavy atom. The lowest BCUT2D eigenvalue weighted by Crippen LogP contribution is -2.52. The Kier molecular flexibility index (Phi) is 4.81. The van der Waals surface area contributed by atoms with Crippen LogP contribution in [0.2, 0.25) is 0 Å². The number of amides is 2. The molecule has 0 aliphatic carbocycles. The molecule has 0 spiro atoms. The smallest absolute Gasteiger partial charge is 0.257 e. The van der Waals surface area contributed by atoms with Crippen LogP contribution < -0.4 is 4.74 Å². The van der Waals surface area contributed by atoms with E-state index in [1.165, 1.54) is 0 Å². The van der Waals surface area contributed by atoms with E-state index in [0.717, 1.165) is 12.8 Å². The summed E-state index contributed by atoms with van der Waals surface area (Å²) in [4.78, 5) is 28.3. The number of likely N-dealkylation sites (tertiary alicyclic amines) is 1. The van der Waals surface area contributed by atoms with Crippen LogP contribution in [0.5, 0.6) is 5.75 Å². The second-order valence-electron chi connectivity index (χ2n) is 5.86. The average Bonchev–Trinajstić information content (AvgIpc) is 2.61. The van der Waals surface area contributed by atoms with Gasteiger partial charge in [-0.25, -0.2) is 0 Å². The number of ether oxygens (including phenoxy) is 2. The van der Waals surface area contributed by atoms with Crippen LogP contribution in [0.3, 0.4) is 0 Å². The summed E-state index contributed by atoms with van der Waals surface area (Å²) in [6.07, 6.45) is 1.62. The number of para-hydroxylation sites is 1. The molecule has 2 saturated heterocycles. The van der Waals surface area contributed by atoms with Crippen LogP contribution in [0.4, 0.5) is 0 Å². The molecule has 3 rings (SSSR count). The van der Waals surface area contributed by atoms with Crippen molar-refractivity contribution in [3.8, 4) is 5.75 Å². The van der Waals surface area contributed by atoms with E-state index in [-0.39, 0.29) is 24.5 Å². The van der Waals surface area contributed by atoms with Crippen LogP contribution in [-0.4, -0.2) is 67.6 Å². The van der Waals surface area contributed by atoms with Gasteiger partial charge in [-0.05, 0) is 25.0 Å². The van der Waals surface area contributed by atoms with Gasteiger partial charge in [-0.15, -0.1) is 0 Å². The van der Waals surface area contributed by atoms with E-state index in [2.05, 4.69) is 0 Å². The first-order valence-electron chi connectivity index (χ1n) is 8.00. The highest BCUT2D eigenvalue weighted by atomic mass is 16.5. The minimum atomic E-state index is -0.00537. The monoisotopic (exact) mass is 318 g/mol. The Hall–Kier alpha value is -2.08. The van der Waals surface area contributed by atoms with Crippen LogP contribution in [0.25, 0.3) is 0 Å². The largest absolute Gasteiger partial charge is 0.496 e. The number of nitrogens with zero attached hydrogens (tertiary/aromatic N) is 2. The number of rotatable bonds is 3. The van der Waals surface area contributed by atoms with Crippen molar-refractivity contribution in [3.63, 3.8) is 0 Å². The van der Waals surface area contributed by atoms with Gasteiger partial charge in [0.25, 0.3) is 5.91 Å². The predicted molar refractivity (Wildman–Crippen MR) is 84.5 cm³/mol. The molecule has 1 aromatic carbocycles. The van der Waals surface area contributed by atoms with Gasteiger partial charge < -0.3 is 19.3 Å². The maximum atomic E-state index is 12.7. The molecule has 0 bridgehead atoms. The summed E-state index contributed by atoms with van der Waals surface area (Å²) in [5, 5.41) is 0. The summed E-state index contributed by atoms with van der Waals surface area (Å²) < 4.78 is 10.4. The highest BCUT2D eigenvalue weighted by Crippen LogP contribution is 2.23. The lowest BCUT2D eigenvalue weighted by atomic mass is 10.0. The molecule has 2 aliphatic rings. The number of piperidine rings is 1. The van der Waals surface area contributed by atoms with Gasteiger partial charge in [-0.1, -0.05) is 12.1 Å². The van der Waals surface area contributed by atoms with E-state index in [1.807, 2.05) is 21.9 Å². The second-order valence-corrected chi connectivity index (χ2v) is 5.86. The van der Waals surface area contributed by atoms with Gasteiger partial charge in [0.1, 0.15) is 12.4 Å². The molecule has 2 amide bonds. The fraction of sp³-hybridized carbons (Fsp3) is 0.529. The molecule has 2 fully saturated rings. The molecule has 0 unspecified atom stereocenters. The molecule has 6 nitrogen and oxygen atoms in total. The van der Waals surface area contributed by atoms with Crippen molar-refractivity contribution in [1.82, 2.24) is 9.80 Å². The van der Waals surface area contributed by atoms with E-state index in [0.29, 0.717) is 37.6 Å². The van der Waals surface area contributed by atoms with Gasteiger partial charge in [0, 0.05) is 25.7 Å². The van der Waals surface area contributed by atoms with Crippen LogP contribution in [0, 0.1) is 0 Å². The van der Waals surface area contributed by atoms with Crippen LogP contribution in [0.15, 0.2) is 24.3 Å². The van der Waals surface area contributed by atoms with Gasteiger partial charge in [-0.2, -0.15) is 0 Å². The highest BCUT2D eigenvalue weighted by Gasteiger charge is 2.31. The number of benzene rings is 1. The lowest BCUT2D eigenvalue weighted by molar-refractivity contribution is -0.146. The first-order valence-corrected chi connectivity index (χ1v) is 8.00. The molecule has 0 radical (unpaired) electrons. The zero-order valence-electron chi connectivity index (χ0n) is 13.4. The number of hydrogen-bond acceptors (Lipinski definition) is 4. The Balaban J connectivity index is 1.62. The van der Waals surface area contributed by atoms with Gasteiger partial charge >= 0.3 is 0 Å². The summed E-state index contributed by atoms with van der Waals surface area (Å²) in [6, 6.07) is 7.50. The topological polar surface area (TPSA) is 59.1 Å². The summed E-state index contributed by atoms with van der Waals surface area (Å²) >= 11 is 0. The zero-order valence-corrected chi connectivity index (χ0v) is 13.4. The first kappa shape index (κ1) is 15.8. The molecule has 0 N–H and O–H groups in total. The van der Waals surface area contributed by atoms with E-state index < -0.39 is 0 Å². The van der Waals surface area contributed by atoms with E-state index in [4.69, 9.17) is 9.47 Å². The van der Waals surface area contributed by atoms with Crippen molar-refractivity contribution >= 4 is 11.8 Å². The molecule has 0 aromatic heterocycles. The van der Waals surface area contributed by atoms with Crippen LogP contribution in [0.1, 0.15) is 23.2 Å². The fourth-order valence-corrected chi connectivity index (χ4v) is 3.29. The summed E-state index contributed by atoms with van der Waals surface area (Å²) in [5.41, 5.74) is 0.593. The molecule has 6 heteroatoms. The van der Waals surface area contributed by atoms with Crippen molar-refractivity contribution in [1.29, 1.82) is 0 Å². The van der Waals surface area contributed by atoms with Gasteiger partial charge in [0.2, 0.25) is 5.91 Å². The average molecular weight is 318 g/mol. The number of morpholine rings is 1. The van der Waals surface area contributed by atoms with E-state index in [1.54, 1.807) is 19.2 Å². The van der Waals surface area contributed by atoms with Gasteiger partial charge in [0.05, 0.1) is 19.3 Å². The van der Waals surface area contributed by atoms with Crippen molar-refractivity contribution in [2.45, 2.75) is 18.9 Å². The Bertz CT molecular complexity index is 582. The third-order valence-electron chi connectivity index (χ3n) is 4.55. The van der Waals surface area contributed by atoms with Crippen molar-refractivity contribution in [2.75, 3.05) is 40.0 Å². The van der Waals surface area contributed by atoms with Crippen molar-refractivity contribution in [3.05, 3.63) is 29.8 Å². The number of carbonyl (C=O) groups excluding carboxylic acids is 2. The maximum absolute atomic E-state index is 12.7. The Morgan fingerprint density at radius 3 is 2.65 bits per heavy atom. The molecule has 2 aliphatic heterocycles. The molecule has 2 heterocycles. The maximum Gasteiger partial charge on any atom is 0.257 e. The fourth-order valence-electron chi connectivity index (χ4n) is 3.29. The third kappa shape index (κ3) is 3.32. The number of hydrogen-bond donors (Lipinski definition) is 0. The SMILES string of the molecule is COc1ccccc1C(=O)N1CCC(N2CCOCC2=O)CC1. The first-order chi connectivity index (χ1) is 11.2. The molecule has 23 heavy (non-hydrogen) atoms. The minimum Gasteiger partial charge on any atom is -0.496 e. The number of carbonyl (C=O) groups is 2. The lowest BCUT2D eigenvalue weighted by Gasteiger charge is -2.40. The molecule has 0 atom stereocenters. The normalized spacial score (nSPS) is 19.8. The molecular formula is C17H22N2O4. The van der Waals surface area contributed by atoms with Crippen LogP contribution >= 0.6 is 0 Å². The van der Waals surface area contributed by atoms with Crippen molar-refractivity contribution < 1.29 is 19.1 Å². The summed E-state index contributed by atoms with van der Waals surface area (Å²) in [7, 11) is 1.57. The van der Waals surface area contributed by atoms with Crippen molar-refractivity contribution in [2.24, 2.45) is 0 Å². The van der Waals surface area contributed by atoms with Gasteiger partial charge in [0.15, 0.2) is 0 Å². The molecular weight excluding hydrogens is 296 g/mol. The van der Waals surface area contributed by atoms with Crippen LogP contribution in [-0.2, 0) is 9.53 Å². The quantitative estimate of drug-likeness (QED) is 0.839. The summed E-state index contributed by atoms with van der Waals surface area (Å²) in [5.74, 6) is 0.655. The predicted octanol–water partition coefficient (Wildman–Crippen LogP) is 1.16. The summed E-state index contributed by atoms with van der Waals surface area (Å²) in [6.45, 7) is 2.76.